The van der Waals surface area contributed by atoms with Crippen molar-refractivity contribution in [1.82, 2.24) is 15.1 Å². The van der Waals surface area contributed by atoms with E-state index in [2.05, 4.69) is 10.4 Å². The molecule has 0 fully saturated rings. The molecule has 0 bridgehead atoms. The van der Waals surface area contributed by atoms with Crippen LogP contribution in [0, 0.1) is 0 Å². The molecule has 0 saturated carbocycles. The first-order valence-corrected chi connectivity index (χ1v) is 10.7. The molecule has 34 heavy (non-hydrogen) atoms. The first-order valence-electron chi connectivity index (χ1n) is 10.7. The third-order valence-corrected chi connectivity index (χ3v) is 5.28. The standard InChI is InChI=1S/C27H23N3O4/c1-34-27(33)24-23(20-13-7-3-8-14-20)25(21-15-9-4-10-16-21)29-30(26(24)32)18-22(31)28-17-19-11-5-2-6-12-19/h2-16H,17-18H2,1H3,(H,28,31). The molecule has 0 atom stereocenters. The first-order chi connectivity index (χ1) is 16.6. The maximum absolute atomic E-state index is 13.4. The normalized spacial score (nSPS) is 10.5. The van der Waals surface area contributed by atoms with Crippen LogP contribution in [0.5, 0.6) is 0 Å². The van der Waals surface area contributed by atoms with Crippen LogP contribution in [0.2, 0.25) is 0 Å². The number of methoxy groups -OCH3 is 1. The van der Waals surface area contributed by atoms with Crippen LogP contribution < -0.4 is 10.9 Å². The Balaban J connectivity index is 1.81. The average molecular weight is 453 g/mol. The molecule has 0 aliphatic heterocycles. The summed E-state index contributed by atoms with van der Waals surface area (Å²) in [5.41, 5.74) is 2.18. The molecule has 170 valence electrons. The van der Waals surface area contributed by atoms with Gasteiger partial charge in [-0.15, -0.1) is 0 Å². The van der Waals surface area contributed by atoms with Gasteiger partial charge in [-0.05, 0) is 11.1 Å². The predicted molar refractivity (Wildman–Crippen MR) is 129 cm³/mol. The summed E-state index contributed by atoms with van der Waals surface area (Å²) in [6, 6.07) is 27.7. The van der Waals surface area contributed by atoms with Gasteiger partial charge in [-0.3, -0.25) is 9.59 Å². The fraction of sp³-hybridized carbons (Fsp3) is 0.111. The van der Waals surface area contributed by atoms with Crippen molar-refractivity contribution in [1.29, 1.82) is 0 Å². The number of nitrogens with zero attached hydrogens (tertiary/aromatic N) is 2. The van der Waals surface area contributed by atoms with Gasteiger partial charge in [0.25, 0.3) is 5.56 Å². The Labute approximate surface area is 196 Å². The van der Waals surface area contributed by atoms with E-state index in [1.165, 1.54) is 7.11 Å². The second kappa shape index (κ2) is 10.4. The van der Waals surface area contributed by atoms with E-state index in [9.17, 15) is 14.4 Å². The number of rotatable bonds is 7. The summed E-state index contributed by atoms with van der Waals surface area (Å²) >= 11 is 0. The first kappa shape index (κ1) is 22.7. The van der Waals surface area contributed by atoms with Gasteiger partial charge in [0.1, 0.15) is 12.1 Å². The number of esters is 1. The van der Waals surface area contributed by atoms with Gasteiger partial charge in [0, 0.05) is 17.7 Å². The van der Waals surface area contributed by atoms with Crippen LogP contribution in [0.4, 0.5) is 0 Å². The van der Waals surface area contributed by atoms with Crippen molar-refractivity contribution in [3.05, 3.63) is 112 Å². The molecule has 0 unspecified atom stereocenters. The Hall–Kier alpha value is -4.52. The topological polar surface area (TPSA) is 90.3 Å². The van der Waals surface area contributed by atoms with Gasteiger partial charge in [0.15, 0.2) is 0 Å². The Bertz CT molecular complexity index is 1350. The minimum Gasteiger partial charge on any atom is -0.465 e. The summed E-state index contributed by atoms with van der Waals surface area (Å²) < 4.78 is 5.97. The van der Waals surface area contributed by atoms with E-state index in [0.717, 1.165) is 10.2 Å². The zero-order valence-corrected chi connectivity index (χ0v) is 18.6. The van der Waals surface area contributed by atoms with Gasteiger partial charge in [0.2, 0.25) is 5.91 Å². The lowest BCUT2D eigenvalue weighted by Gasteiger charge is -2.16. The molecule has 4 aromatic rings. The lowest BCUT2D eigenvalue weighted by molar-refractivity contribution is -0.122. The smallest absolute Gasteiger partial charge is 0.344 e. The summed E-state index contributed by atoms with van der Waals surface area (Å²) in [6.07, 6.45) is 0. The number of carbonyl (C=O) groups excluding carboxylic acids is 2. The highest BCUT2D eigenvalue weighted by Gasteiger charge is 2.26. The van der Waals surface area contributed by atoms with Gasteiger partial charge in [0.05, 0.1) is 12.8 Å². The summed E-state index contributed by atoms with van der Waals surface area (Å²) in [7, 11) is 1.22. The molecular formula is C27H23N3O4. The zero-order chi connectivity index (χ0) is 23.9. The zero-order valence-electron chi connectivity index (χ0n) is 18.6. The Morgan fingerprint density at radius 1 is 0.853 bits per heavy atom. The molecule has 0 spiro atoms. The van der Waals surface area contributed by atoms with Crippen LogP contribution in [0.3, 0.4) is 0 Å². The number of amides is 1. The highest BCUT2D eigenvalue weighted by molar-refractivity contribution is 6.00. The summed E-state index contributed by atoms with van der Waals surface area (Å²) in [5.74, 6) is -1.19. The number of hydrogen-bond acceptors (Lipinski definition) is 5. The van der Waals surface area contributed by atoms with Crippen molar-refractivity contribution in [3.63, 3.8) is 0 Å². The van der Waals surface area contributed by atoms with Crippen LogP contribution in [-0.2, 0) is 22.6 Å². The van der Waals surface area contributed by atoms with Gasteiger partial charge in [-0.2, -0.15) is 5.10 Å². The third kappa shape index (κ3) is 4.94. The van der Waals surface area contributed by atoms with Crippen LogP contribution in [0.1, 0.15) is 15.9 Å². The minimum absolute atomic E-state index is 0.168. The molecule has 3 aromatic carbocycles. The lowest BCUT2D eigenvalue weighted by Crippen LogP contribution is -2.36. The van der Waals surface area contributed by atoms with Crippen molar-refractivity contribution in [2.24, 2.45) is 0 Å². The predicted octanol–water partition coefficient (Wildman–Crippen LogP) is 3.68. The third-order valence-electron chi connectivity index (χ3n) is 5.28. The van der Waals surface area contributed by atoms with Crippen molar-refractivity contribution in [2.75, 3.05) is 7.11 Å². The highest BCUT2D eigenvalue weighted by Crippen LogP contribution is 2.32. The number of benzene rings is 3. The molecule has 0 aliphatic carbocycles. The van der Waals surface area contributed by atoms with E-state index < -0.39 is 17.4 Å². The Morgan fingerprint density at radius 2 is 1.41 bits per heavy atom. The Morgan fingerprint density at radius 3 is 2.00 bits per heavy atom. The van der Waals surface area contributed by atoms with E-state index in [1.54, 1.807) is 12.1 Å². The molecule has 0 radical (unpaired) electrons. The van der Waals surface area contributed by atoms with Crippen LogP contribution in [-0.4, -0.2) is 28.8 Å². The maximum Gasteiger partial charge on any atom is 0.344 e. The van der Waals surface area contributed by atoms with E-state index in [4.69, 9.17) is 4.74 Å². The summed E-state index contributed by atoms with van der Waals surface area (Å²) in [4.78, 5) is 38.8. The van der Waals surface area contributed by atoms with Gasteiger partial charge in [-0.1, -0.05) is 91.0 Å². The highest BCUT2D eigenvalue weighted by atomic mass is 16.5. The lowest BCUT2D eigenvalue weighted by atomic mass is 9.95. The number of hydrogen-bond donors (Lipinski definition) is 1. The largest absolute Gasteiger partial charge is 0.465 e. The van der Waals surface area contributed by atoms with Crippen LogP contribution in [0.25, 0.3) is 22.4 Å². The molecule has 1 amide bonds. The van der Waals surface area contributed by atoms with Crippen molar-refractivity contribution in [3.8, 4) is 22.4 Å². The number of nitrogens with one attached hydrogen (secondary N) is 1. The average Bonchev–Trinajstić information content (AvgIpc) is 2.89. The van der Waals surface area contributed by atoms with E-state index in [0.29, 0.717) is 28.9 Å². The Kier molecular flexibility index (Phi) is 6.93. The van der Waals surface area contributed by atoms with E-state index >= 15 is 0 Å². The number of aromatic nitrogens is 2. The quantitative estimate of drug-likeness (QED) is 0.431. The second-order valence-electron chi connectivity index (χ2n) is 7.55. The van der Waals surface area contributed by atoms with Crippen molar-refractivity contribution < 1.29 is 14.3 Å². The van der Waals surface area contributed by atoms with E-state index in [1.807, 2.05) is 78.9 Å². The molecule has 4 rings (SSSR count). The fourth-order valence-corrected chi connectivity index (χ4v) is 3.64. The fourth-order valence-electron chi connectivity index (χ4n) is 3.64. The SMILES string of the molecule is COC(=O)c1c(-c2ccccc2)c(-c2ccccc2)nn(CC(=O)NCc2ccccc2)c1=O. The molecule has 7 heteroatoms. The summed E-state index contributed by atoms with van der Waals surface area (Å²) in [6.45, 7) is -0.0313. The monoisotopic (exact) mass is 453 g/mol. The summed E-state index contributed by atoms with van der Waals surface area (Å²) in [5, 5.41) is 7.31. The second-order valence-corrected chi connectivity index (χ2v) is 7.55. The van der Waals surface area contributed by atoms with Crippen LogP contribution in [0.15, 0.2) is 95.8 Å². The van der Waals surface area contributed by atoms with E-state index in [-0.39, 0.29) is 12.1 Å². The molecule has 1 N–H and O–H groups in total. The van der Waals surface area contributed by atoms with Crippen molar-refractivity contribution >= 4 is 11.9 Å². The molecule has 1 heterocycles. The van der Waals surface area contributed by atoms with Crippen molar-refractivity contribution in [2.45, 2.75) is 13.1 Å². The van der Waals surface area contributed by atoms with Gasteiger partial charge < -0.3 is 10.1 Å². The minimum atomic E-state index is -0.790. The molecular weight excluding hydrogens is 430 g/mol. The molecule has 0 aliphatic rings. The molecule has 7 nitrogen and oxygen atoms in total. The number of ether oxygens (including phenoxy) is 1. The molecule has 1 aromatic heterocycles. The molecule has 0 saturated heterocycles. The van der Waals surface area contributed by atoms with Gasteiger partial charge >= 0.3 is 5.97 Å². The maximum atomic E-state index is 13.4. The van der Waals surface area contributed by atoms with Gasteiger partial charge in [-0.25, -0.2) is 9.48 Å². The van der Waals surface area contributed by atoms with Crippen LogP contribution >= 0.6 is 0 Å². The number of carbonyl (C=O) groups is 2.